The third-order valence-corrected chi connectivity index (χ3v) is 4.11. The van der Waals surface area contributed by atoms with Crippen molar-refractivity contribution in [2.75, 3.05) is 26.2 Å². The van der Waals surface area contributed by atoms with E-state index in [-0.39, 0.29) is 31.0 Å². The van der Waals surface area contributed by atoms with Crippen LogP contribution < -0.4 is 5.32 Å². The summed E-state index contributed by atoms with van der Waals surface area (Å²) in [7, 11) is 0. The second-order valence-corrected chi connectivity index (χ2v) is 5.87. The predicted octanol–water partition coefficient (Wildman–Crippen LogP) is 0.141. The lowest BCUT2D eigenvalue weighted by molar-refractivity contribution is -0.138. The van der Waals surface area contributed by atoms with Crippen molar-refractivity contribution in [2.24, 2.45) is 0 Å². The van der Waals surface area contributed by atoms with Gasteiger partial charge < -0.3 is 15.0 Å². The fourth-order valence-corrected chi connectivity index (χ4v) is 2.83. The average molecular weight is 332 g/mol. The number of nitrogens with one attached hydrogen (secondary N) is 1. The maximum atomic E-state index is 12.7. The highest BCUT2D eigenvalue weighted by atomic mass is 16.5. The third kappa shape index (κ3) is 3.88. The summed E-state index contributed by atoms with van der Waals surface area (Å²) in [5.41, 5.74) is 0.751. The number of rotatable bonds is 6. The molecule has 1 N–H and O–H groups in total. The van der Waals surface area contributed by atoms with Gasteiger partial charge in [0.1, 0.15) is 6.54 Å². The van der Waals surface area contributed by atoms with E-state index in [1.165, 1.54) is 0 Å². The quantitative estimate of drug-likeness (QED) is 0.748. The van der Waals surface area contributed by atoms with Crippen molar-refractivity contribution in [3.05, 3.63) is 30.1 Å². The summed E-state index contributed by atoms with van der Waals surface area (Å²) < 4.78 is 5.61. The number of amides is 4. The number of ether oxygens (including phenoxy) is 1. The molecule has 0 spiro atoms. The van der Waals surface area contributed by atoms with Gasteiger partial charge in [-0.05, 0) is 25.0 Å². The number of urea groups is 1. The Bertz CT molecular complexity index is 600. The summed E-state index contributed by atoms with van der Waals surface area (Å²) in [5.74, 6) is -0.676. The number of pyridine rings is 1. The van der Waals surface area contributed by atoms with Crippen LogP contribution in [0, 0.1) is 0 Å². The summed E-state index contributed by atoms with van der Waals surface area (Å²) in [6, 6.07) is 4.98. The number of hydrogen-bond donors (Lipinski definition) is 1. The van der Waals surface area contributed by atoms with Crippen LogP contribution in [0.15, 0.2) is 24.4 Å². The molecule has 2 fully saturated rings. The molecule has 3 rings (SSSR count). The number of carbonyl (C=O) groups is 3. The molecule has 8 heteroatoms. The van der Waals surface area contributed by atoms with Crippen LogP contribution in [0.3, 0.4) is 0 Å². The minimum Gasteiger partial charge on any atom is -0.376 e. The zero-order valence-electron chi connectivity index (χ0n) is 13.3. The lowest BCUT2D eigenvalue weighted by atomic mass is 10.2. The van der Waals surface area contributed by atoms with Gasteiger partial charge in [-0.2, -0.15) is 0 Å². The van der Waals surface area contributed by atoms with E-state index in [1.54, 1.807) is 11.1 Å². The Morgan fingerprint density at radius 3 is 2.92 bits per heavy atom. The van der Waals surface area contributed by atoms with Crippen LogP contribution in [-0.4, -0.2) is 65.0 Å². The van der Waals surface area contributed by atoms with Gasteiger partial charge in [-0.15, -0.1) is 0 Å². The number of hydrogen-bond acceptors (Lipinski definition) is 5. The molecule has 4 amide bonds. The summed E-state index contributed by atoms with van der Waals surface area (Å²) in [5, 5.41) is 2.42. The maximum absolute atomic E-state index is 12.7. The molecule has 3 heterocycles. The van der Waals surface area contributed by atoms with Crippen molar-refractivity contribution in [3.8, 4) is 0 Å². The smallest absolute Gasteiger partial charge is 0.325 e. The fourth-order valence-electron chi connectivity index (χ4n) is 2.83. The van der Waals surface area contributed by atoms with Gasteiger partial charge in [0.05, 0.1) is 24.9 Å². The number of aromatic nitrogens is 1. The molecule has 2 aliphatic heterocycles. The molecule has 1 aromatic rings. The minimum absolute atomic E-state index is 0.0132. The molecule has 1 atom stereocenters. The Hall–Kier alpha value is -2.48. The van der Waals surface area contributed by atoms with E-state index in [4.69, 9.17) is 4.74 Å². The minimum atomic E-state index is -0.525. The Labute approximate surface area is 139 Å². The average Bonchev–Trinajstić information content (AvgIpc) is 3.20. The molecule has 8 nitrogen and oxygen atoms in total. The van der Waals surface area contributed by atoms with Crippen LogP contribution in [0.4, 0.5) is 4.79 Å². The maximum Gasteiger partial charge on any atom is 0.325 e. The summed E-state index contributed by atoms with van der Waals surface area (Å²) in [6.07, 6.45) is 3.53. The molecule has 0 aromatic carbocycles. The molecular formula is C16H20N4O4. The highest BCUT2D eigenvalue weighted by Gasteiger charge is 2.32. The topological polar surface area (TPSA) is 91.8 Å². The molecule has 1 aromatic heterocycles. The van der Waals surface area contributed by atoms with E-state index in [1.807, 2.05) is 18.2 Å². The zero-order chi connectivity index (χ0) is 16.9. The van der Waals surface area contributed by atoms with Gasteiger partial charge in [0.25, 0.3) is 5.91 Å². The molecule has 0 bridgehead atoms. The Morgan fingerprint density at radius 2 is 2.29 bits per heavy atom. The lowest BCUT2D eigenvalue weighted by Crippen LogP contribution is -2.45. The first kappa shape index (κ1) is 16.4. The van der Waals surface area contributed by atoms with E-state index < -0.39 is 6.03 Å². The predicted molar refractivity (Wildman–Crippen MR) is 83.7 cm³/mol. The largest absolute Gasteiger partial charge is 0.376 e. The standard InChI is InChI=1S/C16H20N4O4/c21-14-8-18-16(23)20(14)11-15(22)19(10-13-5-3-7-24-13)9-12-4-1-2-6-17-12/h1-2,4,6,13H,3,5,7-11H2,(H,18,23)/t13-/m0/s1. The fraction of sp³-hybridized carbons (Fsp3) is 0.500. The Kier molecular flexibility index (Phi) is 5.05. The van der Waals surface area contributed by atoms with Crippen molar-refractivity contribution in [1.29, 1.82) is 0 Å². The molecular weight excluding hydrogens is 312 g/mol. The Morgan fingerprint density at radius 1 is 1.42 bits per heavy atom. The van der Waals surface area contributed by atoms with Crippen molar-refractivity contribution >= 4 is 17.8 Å². The molecule has 0 radical (unpaired) electrons. The monoisotopic (exact) mass is 332 g/mol. The third-order valence-electron chi connectivity index (χ3n) is 4.11. The molecule has 0 unspecified atom stereocenters. The number of imide groups is 1. The van der Waals surface area contributed by atoms with Crippen LogP contribution in [0.25, 0.3) is 0 Å². The molecule has 2 saturated heterocycles. The van der Waals surface area contributed by atoms with E-state index in [0.717, 1.165) is 23.4 Å². The van der Waals surface area contributed by atoms with Crippen LogP contribution in [0.5, 0.6) is 0 Å². The van der Waals surface area contributed by atoms with Crippen molar-refractivity contribution < 1.29 is 19.1 Å². The molecule has 128 valence electrons. The highest BCUT2D eigenvalue weighted by Crippen LogP contribution is 2.15. The van der Waals surface area contributed by atoms with E-state index in [9.17, 15) is 14.4 Å². The van der Waals surface area contributed by atoms with Crippen molar-refractivity contribution in [1.82, 2.24) is 20.1 Å². The SMILES string of the molecule is O=C(CN1C(=O)CNC1=O)N(Cc1ccccn1)C[C@@H]1CCCO1. The highest BCUT2D eigenvalue weighted by molar-refractivity contribution is 6.04. The Balaban J connectivity index is 1.68. The summed E-state index contributed by atoms with van der Waals surface area (Å²) in [6.45, 7) is 1.13. The number of nitrogens with zero attached hydrogens (tertiary/aromatic N) is 3. The first-order valence-electron chi connectivity index (χ1n) is 8.01. The summed E-state index contributed by atoms with van der Waals surface area (Å²) in [4.78, 5) is 42.8. The number of carbonyl (C=O) groups excluding carboxylic acids is 3. The van der Waals surface area contributed by atoms with Crippen molar-refractivity contribution in [2.45, 2.75) is 25.5 Å². The van der Waals surface area contributed by atoms with Gasteiger partial charge in [0.2, 0.25) is 5.91 Å². The van der Waals surface area contributed by atoms with Crippen LogP contribution in [-0.2, 0) is 20.9 Å². The lowest BCUT2D eigenvalue weighted by Gasteiger charge is -2.26. The van der Waals surface area contributed by atoms with E-state index >= 15 is 0 Å². The first-order chi connectivity index (χ1) is 11.6. The van der Waals surface area contributed by atoms with E-state index in [0.29, 0.717) is 19.7 Å². The molecule has 2 aliphatic rings. The molecule has 24 heavy (non-hydrogen) atoms. The van der Waals surface area contributed by atoms with Gasteiger partial charge in [0, 0.05) is 19.3 Å². The van der Waals surface area contributed by atoms with Gasteiger partial charge in [-0.25, -0.2) is 4.79 Å². The molecule has 0 aliphatic carbocycles. The van der Waals surface area contributed by atoms with Crippen LogP contribution in [0.2, 0.25) is 0 Å². The zero-order valence-corrected chi connectivity index (χ0v) is 13.3. The molecule has 0 saturated carbocycles. The van der Waals surface area contributed by atoms with Crippen molar-refractivity contribution in [3.63, 3.8) is 0 Å². The van der Waals surface area contributed by atoms with Gasteiger partial charge in [-0.1, -0.05) is 6.07 Å². The van der Waals surface area contributed by atoms with Crippen LogP contribution in [0.1, 0.15) is 18.5 Å². The second kappa shape index (κ2) is 7.39. The van der Waals surface area contributed by atoms with Gasteiger partial charge in [-0.3, -0.25) is 19.5 Å². The summed E-state index contributed by atoms with van der Waals surface area (Å²) >= 11 is 0. The van der Waals surface area contributed by atoms with Gasteiger partial charge in [0.15, 0.2) is 0 Å². The van der Waals surface area contributed by atoms with Crippen LogP contribution >= 0.6 is 0 Å². The van der Waals surface area contributed by atoms with Gasteiger partial charge >= 0.3 is 6.03 Å². The first-order valence-corrected chi connectivity index (χ1v) is 8.01. The normalized spacial score (nSPS) is 20.3. The van der Waals surface area contributed by atoms with E-state index in [2.05, 4.69) is 10.3 Å². The second-order valence-electron chi connectivity index (χ2n) is 5.87.